The molecule has 4 nitrogen and oxygen atoms in total. The molecule has 1 saturated heterocycles. The van der Waals surface area contributed by atoms with E-state index in [1.54, 1.807) is 7.11 Å². The second kappa shape index (κ2) is 6.86. The highest BCUT2D eigenvalue weighted by Crippen LogP contribution is 2.50. The van der Waals surface area contributed by atoms with Crippen LogP contribution in [0.25, 0.3) is 0 Å². The minimum Gasteiger partial charge on any atom is -0.375 e. The number of hydrogen-bond acceptors (Lipinski definition) is 4. The number of epoxide rings is 1. The zero-order chi connectivity index (χ0) is 18.1. The predicted molar refractivity (Wildman–Crippen MR) is 99.8 cm³/mol. The van der Waals surface area contributed by atoms with Crippen molar-refractivity contribution in [3.8, 4) is 11.5 Å². The van der Waals surface area contributed by atoms with Crippen LogP contribution in [0.15, 0.2) is 30.3 Å². The highest BCUT2D eigenvalue weighted by atomic mass is 28.3. The van der Waals surface area contributed by atoms with Crippen LogP contribution in [-0.2, 0) is 20.8 Å². The number of hydrogen-bond donors (Lipinski definition) is 1. The molecular weight excluding hydrogens is 332 g/mol. The fourth-order valence-electron chi connectivity index (χ4n) is 3.44. The lowest BCUT2D eigenvalue weighted by atomic mass is 9.72. The van der Waals surface area contributed by atoms with Gasteiger partial charge >= 0.3 is 0 Å². The Balaban J connectivity index is 1.81. The van der Waals surface area contributed by atoms with Crippen LogP contribution in [0.3, 0.4) is 0 Å². The van der Waals surface area contributed by atoms with Gasteiger partial charge in [-0.15, -0.1) is 5.54 Å². The third-order valence-corrected chi connectivity index (χ3v) is 5.83. The number of aliphatic hydroxyl groups is 1. The molecule has 1 saturated carbocycles. The molecule has 1 N–H and O–H groups in total. The smallest absolute Gasteiger partial charge is 0.184 e. The molecule has 1 aliphatic heterocycles. The molecule has 3 rings (SSSR count). The first-order valence-electron chi connectivity index (χ1n) is 8.89. The Morgan fingerprint density at radius 2 is 1.96 bits per heavy atom. The average Bonchev–Trinajstić information content (AvgIpc) is 3.36. The summed E-state index contributed by atoms with van der Waals surface area (Å²) in [5.74, 6) is 3.16. The number of rotatable bonds is 4. The molecule has 0 aromatic heterocycles. The molecule has 1 aliphatic carbocycles. The summed E-state index contributed by atoms with van der Waals surface area (Å²) in [6.45, 7) is 7.53. The molecule has 5 heteroatoms. The van der Waals surface area contributed by atoms with E-state index in [0.29, 0.717) is 13.2 Å². The van der Waals surface area contributed by atoms with E-state index in [1.807, 2.05) is 30.3 Å². The van der Waals surface area contributed by atoms with Gasteiger partial charge in [-0.2, -0.15) is 0 Å². The van der Waals surface area contributed by atoms with E-state index in [2.05, 4.69) is 31.1 Å². The van der Waals surface area contributed by atoms with Gasteiger partial charge in [0.25, 0.3) is 0 Å². The van der Waals surface area contributed by atoms with E-state index >= 15 is 0 Å². The molecule has 1 spiro atoms. The van der Waals surface area contributed by atoms with Crippen LogP contribution >= 0.6 is 0 Å². The van der Waals surface area contributed by atoms with Gasteiger partial charge in [-0.1, -0.05) is 55.9 Å². The van der Waals surface area contributed by atoms with Crippen molar-refractivity contribution in [2.24, 2.45) is 0 Å². The predicted octanol–water partition coefficient (Wildman–Crippen LogP) is 2.76. The average molecular weight is 361 g/mol. The SMILES string of the molecule is CO[C@@H]1[C@H](OCc2ccccc2)CC[C@]2(CO2)[C@@]1(O)C#C[Si](C)(C)C. The van der Waals surface area contributed by atoms with Gasteiger partial charge in [-0.25, -0.2) is 0 Å². The molecule has 0 unspecified atom stereocenters. The molecule has 0 bridgehead atoms. The van der Waals surface area contributed by atoms with Crippen molar-refractivity contribution in [3.05, 3.63) is 35.9 Å². The van der Waals surface area contributed by atoms with Crippen molar-refractivity contribution in [3.63, 3.8) is 0 Å². The van der Waals surface area contributed by atoms with Crippen LogP contribution in [0, 0.1) is 11.5 Å². The minimum absolute atomic E-state index is 0.207. The summed E-state index contributed by atoms with van der Waals surface area (Å²) in [4.78, 5) is 0. The zero-order valence-corrected chi connectivity index (χ0v) is 16.5. The van der Waals surface area contributed by atoms with Crippen molar-refractivity contribution in [2.75, 3.05) is 13.7 Å². The van der Waals surface area contributed by atoms with Gasteiger partial charge in [-0.3, -0.25) is 0 Å². The van der Waals surface area contributed by atoms with E-state index in [4.69, 9.17) is 14.2 Å². The van der Waals surface area contributed by atoms with Crippen LogP contribution in [0.5, 0.6) is 0 Å². The van der Waals surface area contributed by atoms with Crippen molar-refractivity contribution >= 4 is 8.07 Å². The number of methoxy groups -OCH3 is 1. The first kappa shape index (κ1) is 18.6. The first-order chi connectivity index (χ1) is 11.8. The van der Waals surface area contributed by atoms with Crippen molar-refractivity contribution in [1.82, 2.24) is 0 Å². The Morgan fingerprint density at radius 3 is 2.52 bits per heavy atom. The highest BCUT2D eigenvalue weighted by molar-refractivity contribution is 6.83. The molecule has 2 fully saturated rings. The topological polar surface area (TPSA) is 51.2 Å². The summed E-state index contributed by atoms with van der Waals surface area (Å²) >= 11 is 0. The minimum atomic E-state index is -1.63. The Hall–Kier alpha value is -1.16. The summed E-state index contributed by atoms with van der Waals surface area (Å²) in [5, 5.41) is 11.5. The van der Waals surface area contributed by atoms with Crippen molar-refractivity contribution in [1.29, 1.82) is 0 Å². The molecule has 25 heavy (non-hydrogen) atoms. The van der Waals surface area contributed by atoms with Gasteiger partial charge in [0, 0.05) is 7.11 Å². The molecule has 1 aromatic rings. The highest BCUT2D eigenvalue weighted by Gasteiger charge is 2.68. The third kappa shape index (κ3) is 3.84. The maximum atomic E-state index is 11.5. The largest absolute Gasteiger partial charge is 0.375 e. The molecular formula is C20H28O4Si. The number of ether oxygens (including phenoxy) is 3. The lowest BCUT2D eigenvalue weighted by Gasteiger charge is -2.44. The normalized spacial score (nSPS) is 34.4. The van der Waals surface area contributed by atoms with Gasteiger partial charge in [0.2, 0.25) is 0 Å². The monoisotopic (exact) mass is 360 g/mol. The maximum absolute atomic E-state index is 11.5. The Labute approximate surface area is 151 Å². The van der Waals surface area contributed by atoms with Crippen molar-refractivity contribution < 1.29 is 19.3 Å². The Kier molecular flexibility index (Phi) is 5.11. The Morgan fingerprint density at radius 1 is 1.28 bits per heavy atom. The van der Waals surface area contributed by atoms with E-state index in [1.165, 1.54) is 0 Å². The second-order valence-electron chi connectivity index (χ2n) is 8.08. The zero-order valence-electron chi connectivity index (χ0n) is 15.5. The lowest BCUT2D eigenvalue weighted by Crippen LogP contribution is -2.63. The second-order valence-corrected chi connectivity index (χ2v) is 12.8. The van der Waals surface area contributed by atoms with Crippen molar-refractivity contribution in [2.45, 2.75) is 62.5 Å². The summed E-state index contributed by atoms with van der Waals surface area (Å²) in [6, 6.07) is 10.0. The van der Waals surface area contributed by atoms with E-state index < -0.39 is 25.4 Å². The molecule has 1 heterocycles. The molecule has 1 aromatic carbocycles. The molecule has 2 aliphatic rings. The van der Waals surface area contributed by atoms with Gasteiger partial charge < -0.3 is 19.3 Å². The van der Waals surface area contributed by atoms with Gasteiger partial charge in [0.1, 0.15) is 19.8 Å². The van der Waals surface area contributed by atoms with Crippen LogP contribution in [-0.4, -0.2) is 50.3 Å². The summed E-state index contributed by atoms with van der Waals surface area (Å²) in [6.07, 6.45) is 0.808. The molecule has 0 amide bonds. The van der Waals surface area contributed by atoms with Crippen LogP contribution in [0.2, 0.25) is 19.6 Å². The van der Waals surface area contributed by atoms with Gasteiger partial charge in [-0.05, 0) is 18.4 Å². The van der Waals surface area contributed by atoms with E-state index in [0.717, 1.165) is 18.4 Å². The quantitative estimate of drug-likeness (QED) is 0.510. The number of benzene rings is 1. The summed E-state index contributed by atoms with van der Waals surface area (Å²) in [7, 11) is -0.0143. The van der Waals surface area contributed by atoms with Crippen LogP contribution < -0.4 is 0 Å². The lowest BCUT2D eigenvalue weighted by molar-refractivity contribution is -0.186. The molecule has 4 atom stereocenters. The first-order valence-corrected chi connectivity index (χ1v) is 12.4. The fraction of sp³-hybridized carbons (Fsp3) is 0.600. The standard InChI is InChI=1S/C20H28O4Si/c1-22-18-17(23-14-16-8-6-5-7-9-16)10-11-19(15-24-19)20(18,21)12-13-25(2,3)4/h5-9,17-18,21H,10-11,14-15H2,1-4H3/t17-,18-,19+,20-/m1/s1. The van der Waals surface area contributed by atoms with E-state index in [-0.39, 0.29) is 6.10 Å². The van der Waals surface area contributed by atoms with Crippen LogP contribution in [0.4, 0.5) is 0 Å². The van der Waals surface area contributed by atoms with Gasteiger partial charge in [0.15, 0.2) is 5.60 Å². The van der Waals surface area contributed by atoms with E-state index in [9.17, 15) is 5.11 Å². The summed E-state index contributed by atoms with van der Waals surface area (Å²) in [5.41, 5.74) is 2.51. The molecule has 0 radical (unpaired) electrons. The van der Waals surface area contributed by atoms with Gasteiger partial charge in [0.05, 0.1) is 19.3 Å². The van der Waals surface area contributed by atoms with Crippen LogP contribution in [0.1, 0.15) is 18.4 Å². The maximum Gasteiger partial charge on any atom is 0.184 e. The fourth-order valence-corrected chi connectivity index (χ4v) is 4.00. The molecule has 136 valence electrons. The third-order valence-electron chi connectivity index (χ3n) is 4.96. The summed E-state index contributed by atoms with van der Waals surface area (Å²) < 4.78 is 17.5. The Bertz CT molecular complexity index is 654.